The summed E-state index contributed by atoms with van der Waals surface area (Å²) in [5.74, 6) is 1.99. The van der Waals surface area contributed by atoms with E-state index in [0.29, 0.717) is 17.5 Å². The second-order valence-electron chi connectivity index (χ2n) is 12.3. The molecule has 2 heterocycles. The van der Waals surface area contributed by atoms with Crippen molar-refractivity contribution >= 4 is 63.8 Å². The Morgan fingerprint density at radius 2 is 0.857 bits per heavy atom. The Morgan fingerprint density at radius 3 is 1.67 bits per heavy atom. The Balaban J connectivity index is 1.23. The highest BCUT2D eigenvalue weighted by Crippen LogP contribution is 2.43. The van der Waals surface area contributed by atoms with Gasteiger partial charge in [-0.1, -0.05) is 158 Å². The van der Waals surface area contributed by atoms with Crippen LogP contribution in [0.3, 0.4) is 0 Å². The van der Waals surface area contributed by atoms with E-state index in [1.54, 1.807) is 0 Å². The Bertz CT molecular complexity index is 2890. The van der Waals surface area contributed by atoms with Gasteiger partial charge in [-0.3, -0.25) is 0 Å². The molecule has 4 heteroatoms. The van der Waals surface area contributed by atoms with Crippen molar-refractivity contribution in [3.8, 4) is 45.3 Å². The van der Waals surface area contributed by atoms with Gasteiger partial charge in [0.2, 0.25) is 0 Å². The minimum atomic E-state index is 0.657. The highest BCUT2D eigenvalue weighted by molar-refractivity contribution is 7.26. The summed E-state index contributed by atoms with van der Waals surface area (Å²) in [6.45, 7) is 0. The molecule has 2 aromatic heterocycles. The SMILES string of the molecule is c1ccc(-c2nc(-c3cccc4c(-c5cccc6ccccc56)cccc34)nc(-c3cccc4sc5c6ccccc6ccc5c34)n2)cc1. The molecule has 49 heavy (non-hydrogen) atoms. The van der Waals surface area contributed by atoms with E-state index < -0.39 is 0 Å². The Morgan fingerprint density at radius 1 is 0.327 bits per heavy atom. The molecule has 0 aliphatic carbocycles. The summed E-state index contributed by atoms with van der Waals surface area (Å²) in [5.41, 5.74) is 5.35. The van der Waals surface area contributed by atoms with Gasteiger partial charge in [0.1, 0.15) is 0 Å². The van der Waals surface area contributed by atoms with E-state index in [1.165, 1.54) is 52.8 Å². The highest BCUT2D eigenvalue weighted by atomic mass is 32.1. The molecule has 0 atom stereocenters. The molecule has 0 radical (unpaired) electrons. The predicted octanol–water partition coefficient (Wildman–Crippen LogP) is 12.4. The van der Waals surface area contributed by atoms with Crippen molar-refractivity contribution in [3.05, 3.63) is 164 Å². The molecule has 8 aromatic carbocycles. The lowest BCUT2D eigenvalue weighted by Crippen LogP contribution is -2.01. The average Bonchev–Trinajstić information content (AvgIpc) is 3.57. The molecule has 0 fully saturated rings. The number of nitrogens with zero attached hydrogens (tertiary/aromatic N) is 3. The Hall–Kier alpha value is -6.23. The average molecular weight is 642 g/mol. The zero-order chi connectivity index (χ0) is 32.3. The van der Waals surface area contributed by atoms with Crippen molar-refractivity contribution in [2.45, 2.75) is 0 Å². The van der Waals surface area contributed by atoms with Crippen molar-refractivity contribution in [2.24, 2.45) is 0 Å². The van der Waals surface area contributed by atoms with Crippen LogP contribution in [0.4, 0.5) is 0 Å². The van der Waals surface area contributed by atoms with E-state index in [0.717, 1.165) is 27.5 Å². The van der Waals surface area contributed by atoms with E-state index in [4.69, 9.17) is 15.0 Å². The fraction of sp³-hybridized carbons (Fsp3) is 0. The van der Waals surface area contributed by atoms with E-state index in [-0.39, 0.29) is 0 Å². The van der Waals surface area contributed by atoms with Crippen LogP contribution in [-0.2, 0) is 0 Å². The molecule has 10 aromatic rings. The topological polar surface area (TPSA) is 38.7 Å². The van der Waals surface area contributed by atoms with Crippen LogP contribution in [0.25, 0.3) is 97.8 Å². The molecule has 10 rings (SSSR count). The summed E-state index contributed by atoms with van der Waals surface area (Å²) < 4.78 is 2.50. The Labute approximate surface area is 286 Å². The van der Waals surface area contributed by atoms with Gasteiger partial charge in [-0.2, -0.15) is 0 Å². The number of rotatable bonds is 4. The van der Waals surface area contributed by atoms with Crippen LogP contribution in [-0.4, -0.2) is 15.0 Å². The summed E-state index contributed by atoms with van der Waals surface area (Å²) in [6, 6.07) is 57.9. The van der Waals surface area contributed by atoms with Crippen molar-refractivity contribution in [3.63, 3.8) is 0 Å². The first-order valence-electron chi connectivity index (χ1n) is 16.5. The van der Waals surface area contributed by atoms with Gasteiger partial charge in [0.15, 0.2) is 17.5 Å². The minimum Gasteiger partial charge on any atom is -0.208 e. The number of hydrogen-bond acceptors (Lipinski definition) is 4. The van der Waals surface area contributed by atoms with Gasteiger partial charge in [-0.15, -0.1) is 11.3 Å². The van der Waals surface area contributed by atoms with Crippen LogP contribution in [0.2, 0.25) is 0 Å². The maximum absolute atomic E-state index is 5.28. The largest absolute Gasteiger partial charge is 0.208 e. The summed E-state index contributed by atoms with van der Waals surface area (Å²) >= 11 is 1.83. The molecule has 0 bridgehead atoms. The second-order valence-corrected chi connectivity index (χ2v) is 13.4. The molecule has 0 N–H and O–H groups in total. The van der Waals surface area contributed by atoms with Gasteiger partial charge in [0, 0.05) is 36.9 Å². The fourth-order valence-electron chi connectivity index (χ4n) is 7.27. The van der Waals surface area contributed by atoms with Crippen LogP contribution >= 0.6 is 11.3 Å². The van der Waals surface area contributed by atoms with Gasteiger partial charge >= 0.3 is 0 Å². The first kappa shape index (κ1) is 27.8. The van der Waals surface area contributed by atoms with Gasteiger partial charge in [-0.25, -0.2) is 15.0 Å². The first-order chi connectivity index (χ1) is 24.3. The highest BCUT2D eigenvalue weighted by Gasteiger charge is 2.19. The normalized spacial score (nSPS) is 11.7. The van der Waals surface area contributed by atoms with Crippen molar-refractivity contribution in [1.82, 2.24) is 15.0 Å². The van der Waals surface area contributed by atoms with Crippen molar-refractivity contribution < 1.29 is 0 Å². The van der Waals surface area contributed by atoms with E-state index in [9.17, 15) is 0 Å². The minimum absolute atomic E-state index is 0.657. The molecule has 0 spiro atoms. The van der Waals surface area contributed by atoms with Gasteiger partial charge < -0.3 is 0 Å². The fourth-order valence-corrected chi connectivity index (χ4v) is 8.54. The van der Waals surface area contributed by atoms with E-state index in [1.807, 2.05) is 29.5 Å². The maximum atomic E-state index is 5.28. The third kappa shape index (κ3) is 4.53. The van der Waals surface area contributed by atoms with Crippen LogP contribution in [0.5, 0.6) is 0 Å². The van der Waals surface area contributed by atoms with Gasteiger partial charge in [0.05, 0.1) is 0 Å². The van der Waals surface area contributed by atoms with Crippen LogP contribution in [0.1, 0.15) is 0 Å². The molecule has 0 unspecified atom stereocenters. The molecular weight excluding hydrogens is 615 g/mol. The van der Waals surface area contributed by atoms with Gasteiger partial charge in [0.25, 0.3) is 0 Å². The van der Waals surface area contributed by atoms with Crippen molar-refractivity contribution in [1.29, 1.82) is 0 Å². The van der Waals surface area contributed by atoms with E-state index in [2.05, 4.69) is 146 Å². The lowest BCUT2D eigenvalue weighted by Gasteiger charge is -2.14. The summed E-state index contributed by atoms with van der Waals surface area (Å²) in [4.78, 5) is 15.6. The third-order valence-corrected chi connectivity index (χ3v) is 10.7. The number of aromatic nitrogens is 3. The zero-order valence-electron chi connectivity index (χ0n) is 26.3. The first-order valence-corrected chi connectivity index (χ1v) is 17.3. The standard InChI is InChI=1S/C45H27N3S/c1-2-14-30(15-3-1)43-46-44(37-23-10-21-35-34(20-9-22-36(35)37)33-19-8-16-28-12-4-6-17-31(28)33)48-45(47-43)39-24-11-25-40-41(39)38-27-26-29-13-5-7-18-32(29)42(38)49-40/h1-27H. The van der Waals surface area contributed by atoms with Crippen LogP contribution in [0.15, 0.2) is 164 Å². The molecule has 228 valence electrons. The number of hydrogen-bond donors (Lipinski definition) is 0. The maximum Gasteiger partial charge on any atom is 0.164 e. The zero-order valence-corrected chi connectivity index (χ0v) is 27.2. The quantitative estimate of drug-likeness (QED) is 0.192. The van der Waals surface area contributed by atoms with Gasteiger partial charge in [-0.05, 0) is 49.5 Å². The van der Waals surface area contributed by atoms with Crippen molar-refractivity contribution in [2.75, 3.05) is 0 Å². The smallest absolute Gasteiger partial charge is 0.164 e. The number of thiophene rings is 1. The molecule has 0 aliphatic rings. The second kappa shape index (κ2) is 11.2. The number of fused-ring (bicyclic) bond motifs is 7. The third-order valence-electron chi connectivity index (χ3n) is 9.54. The van der Waals surface area contributed by atoms with Crippen LogP contribution in [0, 0.1) is 0 Å². The van der Waals surface area contributed by atoms with E-state index >= 15 is 0 Å². The summed E-state index contributed by atoms with van der Waals surface area (Å²) in [6.07, 6.45) is 0. The summed E-state index contributed by atoms with van der Waals surface area (Å²) in [7, 11) is 0. The molecule has 0 amide bonds. The molecular formula is C45H27N3S. The van der Waals surface area contributed by atoms with Crippen LogP contribution < -0.4 is 0 Å². The Kier molecular flexibility index (Phi) is 6.36. The molecule has 0 saturated carbocycles. The molecule has 3 nitrogen and oxygen atoms in total. The number of benzene rings is 8. The lowest BCUT2D eigenvalue weighted by molar-refractivity contribution is 1.08. The lowest BCUT2D eigenvalue weighted by atomic mass is 9.92. The predicted molar refractivity (Wildman–Crippen MR) is 207 cm³/mol. The molecule has 0 saturated heterocycles. The molecule has 0 aliphatic heterocycles. The summed E-state index contributed by atoms with van der Waals surface area (Å²) in [5, 5.41) is 9.66. The monoisotopic (exact) mass is 641 g/mol.